The lowest BCUT2D eigenvalue weighted by Gasteiger charge is -2.07. The van der Waals surface area contributed by atoms with Crippen molar-refractivity contribution < 1.29 is 14.3 Å². The van der Waals surface area contributed by atoms with E-state index in [1.807, 2.05) is 19.1 Å². The van der Waals surface area contributed by atoms with Gasteiger partial charge in [-0.05, 0) is 42.8 Å². The van der Waals surface area contributed by atoms with Gasteiger partial charge in [0.1, 0.15) is 0 Å². The molecule has 0 atom stereocenters. The summed E-state index contributed by atoms with van der Waals surface area (Å²) in [5, 5.41) is 2.80. The van der Waals surface area contributed by atoms with E-state index in [-0.39, 0.29) is 11.9 Å². The summed E-state index contributed by atoms with van der Waals surface area (Å²) in [5.74, 6) is -0.130. The van der Waals surface area contributed by atoms with Crippen LogP contribution in [0.1, 0.15) is 30.1 Å². The largest absolute Gasteiger partial charge is 0.462 e. The van der Waals surface area contributed by atoms with E-state index in [4.69, 9.17) is 4.74 Å². The summed E-state index contributed by atoms with van der Waals surface area (Å²) in [6, 6.07) is 10.4. The fourth-order valence-electron chi connectivity index (χ4n) is 1.86. The van der Waals surface area contributed by atoms with Crippen molar-refractivity contribution in [1.29, 1.82) is 0 Å². The van der Waals surface area contributed by atoms with Crippen LogP contribution in [0.15, 0.2) is 53.7 Å². The SMILES string of the molecule is CCCCOC(=O)c1ccc(NC(=O)CSc2ccncc2)cc1. The molecular formula is C18H20N2O3S. The van der Waals surface area contributed by atoms with E-state index in [0.717, 1.165) is 17.7 Å². The van der Waals surface area contributed by atoms with Gasteiger partial charge in [0.2, 0.25) is 5.91 Å². The third-order valence-corrected chi connectivity index (χ3v) is 4.17. The predicted octanol–water partition coefficient (Wildman–Crippen LogP) is 3.77. The van der Waals surface area contributed by atoms with Crippen LogP contribution in [0.2, 0.25) is 0 Å². The minimum Gasteiger partial charge on any atom is -0.462 e. The summed E-state index contributed by atoms with van der Waals surface area (Å²) in [6.07, 6.45) is 5.22. The van der Waals surface area contributed by atoms with Crippen molar-refractivity contribution >= 4 is 29.3 Å². The van der Waals surface area contributed by atoms with Crippen LogP contribution >= 0.6 is 11.8 Å². The molecule has 0 aliphatic rings. The number of hydrogen-bond acceptors (Lipinski definition) is 5. The molecule has 1 N–H and O–H groups in total. The number of esters is 1. The number of unbranched alkanes of at least 4 members (excludes halogenated alkanes) is 1. The zero-order valence-corrected chi connectivity index (χ0v) is 14.3. The van der Waals surface area contributed by atoms with E-state index in [0.29, 0.717) is 23.6 Å². The van der Waals surface area contributed by atoms with Gasteiger partial charge in [-0.2, -0.15) is 0 Å². The van der Waals surface area contributed by atoms with Crippen molar-refractivity contribution in [3.8, 4) is 0 Å². The van der Waals surface area contributed by atoms with Gasteiger partial charge in [-0.25, -0.2) is 4.79 Å². The number of nitrogens with zero attached hydrogens (tertiary/aromatic N) is 1. The van der Waals surface area contributed by atoms with Gasteiger partial charge in [-0.3, -0.25) is 9.78 Å². The Morgan fingerprint density at radius 1 is 1.12 bits per heavy atom. The number of hydrogen-bond donors (Lipinski definition) is 1. The molecule has 24 heavy (non-hydrogen) atoms. The Morgan fingerprint density at radius 3 is 2.50 bits per heavy atom. The number of nitrogens with one attached hydrogen (secondary N) is 1. The number of carbonyl (C=O) groups excluding carboxylic acids is 2. The van der Waals surface area contributed by atoms with Crippen LogP contribution in [0.5, 0.6) is 0 Å². The van der Waals surface area contributed by atoms with Gasteiger partial charge in [0.15, 0.2) is 0 Å². The lowest BCUT2D eigenvalue weighted by atomic mass is 10.2. The average Bonchev–Trinajstić information content (AvgIpc) is 2.61. The monoisotopic (exact) mass is 344 g/mol. The number of benzene rings is 1. The Bertz CT molecular complexity index is 660. The second-order valence-corrected chi connectivity index (χ2v) is 6.14. The number of rotatable bonds is 8. The third kappa shape index (κ3) is 6.04. The van der Waals surface area contributed by atoms with Crippen molar-refractivity contribution in [2.45, 2.75) is 24.7 Å². The summed E-state index contributed by atoms with van der Waals surface area (Å²) in [6.45, 7) is 2.47. The molecule has 0 saturated heterocycles. The van der Waals surface area contributed by atoms with Crippen LogP contribution in [0.25, 0.3) is 0 Å². The molecule has 0 aliphatic carbocycles. The van der Waals surface area contributed by atoms with Crippen molar-refractivity contribution in [3.05, 3.63) is 54.4 Å². The Hall–Kier alpha value is -2.34. The van der Waals surface area contributed by atoms with Gasteiger partial charge in [-0.15, -0.1) is 11.8 Å². The van der Waals surface area contributed by atoms with Crippen LogP contribution in [0.4, 0.5) is 5.69 Å². The van der Waals surface area contributed by atoms with Gasteiger partial charge >= 0.3 is 5.97 Å². The fraction of sp³-hybridized carbons (Fsp3) is 0.278. The molecule has 1 heterocycles. The first-order valence-corrected chi connectivity index (χ1v) is 8.77. The van der Waals surface area contributed by atoms with Crippen LogP contribution in [-0.2, 0) is 9.53 Å². The van der Waals surface area contributed by atoms with Crippen molar-refractivity contribution in [1.82, 2.24) is 4.98 Å². The molecular weight excluding hydrogens is 324 g/mol. The molecule has 6 heteroatoms. The highest BCUT2D eigenvalue weighted by Gasteiger charge is 2.08. The summed E-state index contributed by atoms with van der Waals surface area (Å²) >= 11 is 1.44. The quantitative estimate of drug-likeness (QED) is 0.448. The predicted molar refractivity (Wildman–Crippen MR) is 95.2 cm³/mol. The molecule has 1 aromatic carbocycles. The van der Waals surface area contributed by atoms with Crippen LogP contribution in [0, 0.1) is 0 Å². The van der Waals surface area contributed by atoms with Gasteiger partial charge < -0.3 is 10.1 Å². The average molecular weight is 344 g/mol. The maximum atomic E-state index is 11.9. The van der Waals surface area contributed by atoms with Gasteiger partial charge in [0.05, 0.1) is 17.9 Å². The Kier molecular flexibility index (Phi) is 7.29. The van der Waals surface area contributed by atoms with E-state index in [9.17, 15) is 9.59 Å². The summed E-state index contributed by atoms with van der Waals surface area (Å²) in [5.41, 5.74) is 1.13. The molecule has 126 valence electrons. The summed E-state index contributed by atoms with van der Waals surface area (Å²) in [7, 11) is 0. The zero-order valence-electron chi connectivity index (χ0n) is 13.5. The standard InChI is InChI=1S/C18H20N2O3S/c1-2-3-12-23-18(22)14-4-6-15(7-5-14)20-17(21)13-24-16-8-10-19-11-9-16/h4-11H,2-3,12-13H2,1H3,(H,20,21). The molecule has 0 radical (unpaired) electrons. The molecule has 0 fully saturated rings. The van der Waals surface area contributed by atoms with E-state index < -0.39 is 0 Å². The van der Waals surface area contributed by atoms with E-state index in [2.05, 4.69) is 10.3 Å². The molecule has 2 aromatic rings. The topological polar surface area (TPSA) is 68.3 Å². The molecule has 0 aliphatic heterocycles. The van der Waals surface area contributed by atoms with E-state index in [1.54, 1.807) is 36.7 Å². The lowest BCUT2D eigenvalue weighted by molar-refractivity contribution is -0.113. The minimum atomic E-state index is -0.338. The normalized spacial score (nSPS) is 10.2. The molecule has 1 amide bonds. The number of thioether (sulfide) groups is 1. The molecule has 0 spiro atoms. The Morgan fingerprint density at radius 2 is 1.83 bits per heavy atom. The number of anilines is 1. The van der Waals surface area contributed by atoms with Crippen molar-refractivity contribution in [2.75, 3.05) is 17.7 Å². The summed E-state index contributed by atoms with van der Waals surface area (Å²) < 4.78 is 5.14. The number of aromatic nitrogens is 1. The molecule has 5 nitrogen and oxygen atoms in total. The van der Waals surface area contributed by atoms with Gasteiger partial charge in [-0.1, -0.05) is 13.3 Å². The van der Waals surface area contributed by atoms with Crippen LogP contribution in [-0.4, -0.2) is 29.2 Å². The second kappa shape index (κ2) is 9.72. The first-order valence-electron chi connectivity index (χ1n) is 7.79. The molecule has 0 bridgehead atoms. The maximum absolute atomic E-state index is 11.9. The molecule has 2 rings (SSSR count). The highest BCUT2D eigenvalue weighted by Crippen LogP contribution is 2.17. The van der Waals surface area contributed by atoms with Crippen molar-refractivity contribution in [2.24, 2.45) is 0 Å². The minimum absolute atomic E-state index is 0.102. The third-order valence-electron chi connectivity index (χ3n) is 3.16. The highest BCUT2D eigenvalue weighted by molar-refractivity contribution is 8.00. The first kappa shape index (κ1) is 18.0. The lowest BCUT2D eigenvalue weighted by Crippen LogP contribution is -2.14. The molecule has 0 saturated carbocycles. The Balaban J connectivity index is 1.80. The smallest absolute Gasteiger partial charge is 0.338 e. The van der Waals surface area contributed by atoms with Crippen LogP contribution < -0.4 is 5.32 Å². The van der Waals surface area contributed by atoms with Gasteiger partial charge in [0.25, 0.3) is 0 Å². The maximum Gasteiger partial charge on any atom is 0.338 e. The second-order valence-electron chi connectivity index (χ2n) is 5.09. The zero-order chi connectivity index (χ0) is 17.2. The first-order chi connectivity index (χ1) is 11.7. The van der Waals surface area contributed by atoms with Crippen molar-refractivity contribution in [3.63, 3.8) is 0 Å². The number of amides is 1. The van der Waals surface area contributed by atoms with Gasteiger partial charge in [0, 0.05) is 23.0 Å². The number of carbonyl (C=O) groups is 2. The fourth-order valence-corrected chi connectivity index (χ4v) is 2.55. The molecule has 1 aromatic heterocycles. The number of ether oxygens (including phenoxy) is 1. The summed E-state index contributed by atoms with van der Waals surface area (Å²) in [4.78, 5) is 28.7. The van der Waals surface area contributed by atoms with E-state index in [1.165, 1.54) is 11.8 Å². The van der Waals surface area contributed by atoms with E-state index >= 15 is 0 Å². The Labute approximate surface area is 145 Å². The molecule has 0 unspecified atom stereocenters. The van der Waals surface area contributed by atoms with Crippen LogP contribution in [0.3, 0.4) is 0 Å². The number of pyridine rings is 1. The highest BCUT2D eigenvalue weighted by atomic mass is 32.2.